The van der Waals surface area contributed by atoms with Gasteiger partial charge >= 0.3 is 0 Å². The predicted octanol–water partition coefficient (Wildman–Crippen LogP) is 2.08. The summed E-state index contributed by atoms with van der Waals surface area (Å²) in [6, 6.07) is 7.55. The first kappa shape index (κ1) is 22.0. The van der Waals surface area contributed by atoms with Gasteiger partial charge in [-0.15, -0.1) is 0 Å². The monoisotopic (exact) mass is 362 g/mol. The Morgan fingerprint density at radius 3 is 2.58 bits per heavy atom. The summed E-state index contributed by atoms with van der Waals surface area (Å²) in [5.41, 5.74) is 1.75. The summed E-state index contributed by atoms with van der Waals surface area (Å²) < 4.78 is 0. The lowest BCUT2D eigenvalue weighted by Gasteiger charge is -2.15. The molecule has 0 spiro atoms. The first-order chi connectivity index (χ1) is 12.6. The molecule has 1 rings (SSSR count). The van der Waals surface area contributed by atoms with E-state index in [0.29, 0.717) is 31.1 Å². The maximum atomic E-state index is 12.1. The Balaban J connectivity index is 2.42. The maximum absolute atomic E-state index is 12.1. The number of nitrogens with one attached hydrogen (secondary N) is 3. The van der Waals surface area contributed by atoms with Gasteiger partial charge < -0.3 is 21.1 Å². The number of aliphatic hydroxyl groups is 1. The van der Waals surface area contributed by atoms with Crippen molar-refractivity contribution in [3.63, 3.8) is 0 Å². The third kappa shape index (κ3) is 8.85. The van der Waals surface area contributed by atoms with Crippen LogP contribution in [-0.4, -0.2) is 49.8 Å². The lowest BCUT2D eigenvalue weighted by atomic mass is 10.0. The van der Waals surface area contributed by atoms with Crippen LogP contribution < -0.4 is 16.0 Å². The molecular formula is C20H34N4O2. The summed E-state index contributed by atoms with van der Waals surface area (Å²) in [6.07, 6.45) is 2.94. The molecule has 4 N–H and O–H groups in total. The zero-order valence-electron chi connectivity index (χ0n) is 16.3. The average Bonchev–Trinajstić information content (AvgIpc) is 2.63. The maximum Gasteiger partial charge on any atom is 0.251 e. The van der Waals surface area contributed by atoms with E-state index in [1.807, 2.05) is 38.1 Å². The minimum Gasteiger partial charge on any atom is -0.396 e. The molecule has 0 saturated carbocycles. The Morgan fingerprint density at radius 2 is 1.92 bits per heavy atom. The molecule has 0 aliphatic rings. The van der Waals surface area contributed by atoms with Gasteiger partial charge in [0.15, 0.2) is 5.96 Å². The van der Waals surface area contributed by atoms with Crippen molar-refractivity contribution in [1.29, 1.82) is 0 Å². The number of guanidine groups is 1. The first-order valence-corrected chi connectivity index (χ1v) is 9.58. The van der Waals surface area contributed by atoms with E-state index in [1.165, 1.54) is 0 Å². The van der Waals surface area contributed by atoms with Gasteiger partial charge in [-0.1, -0.05) is 31.0 Å². The summed E-state index contributed by atoms with van der Waals surface area (Å²) in [4.78, 5) is 16.7. The van der Waals surface area contributed by atoms with Crippen LogP contribution in [0.4, 0.5) is 0 Å². The van der Waals surface area contributed by atoms with Crippen molar-refractivity contribution >= 4 is 11.9 Å². The molecule has 26 heavy (non-hydrogen) atoms. The number of aryl methyl sites for hydroxylation is 1. The van der Waals surface area contributed by atoms with E-state index in [-0.39, 0.29) is 12.5 Å². The molecule has 6 nitrogen and oxygen atoms in total. The van der Waals surface area contributed by atoms with E-state index in [4.69, 9.17) is 5.11 Å². The summed E-state index contributed by atoms with van der Waals surface area (Å²) in [5.74, 6) is 1.08. The smallest absolute Gasteiger partial charge is 0.251 e. The highest BCUT2D eigenvalue weighted by Gasteiger charge is 2.08. The topological polar surface area (TPSA) is 85.8 Å². The standard InChI is InChI=1S/C20H34N4O2/c1-4-7-17(10-13-25)15-24-20(21-5-2)23-12-11-22-19(26)18-9-6-8-16(3)14-18/h6,8-9,14,17,25H,4-5,7,10-13,15H2,1-3H3,(H,22,26)(H2,21,23,24). The molecule has 1 atom stereocenters. The van der Waals surface area contributed by atoms with Crippen molar-refractivity contribution < 1.29 is 9.90 Å². The van der Waals surface area contributed by atoms with Crippen molar-refractivity contribution in [1.82, 2.24) is 16.0 Å². The van der Waals surface area contributed by atoms with Gasteiger partial charge in [-0.05, 0) is 44.7 Å². The molecular weight excluding hydrogens is 328 g/mol. The van der Waals surface area contributed by atoms with Gasteiger partial charge in [-0.25, -0.2) is 0 Å². The lowest BCUT2D eigenvalue weighted by Crippen LogP contribution is -2.41. The number of carbonyl (C=O) groups excluding carboxylic acids is 1. The number of aliphatic hydroxyl groups excluding tert-OH is 1. The molecule has 1 aromatic rings. The van der Waals surface area contributed by atoms with Gasteiger partial charge in [0, 0.05) is 38.3 Å². The van der Waals surface area contributed by atoms with Crippen LogP contribution in [0, 0.1) is 12.8 Å². The number of amides is 1. The molecule has 0 aromatic heterocycles. The third-order valence-electron chi connectivity index (χ3n) is 4.07. The van der Waals surface area contributed by atoms with E-state index >= 15 is 0 Å². The van der Waals surface area contributed by atoms with Crippen molar-refractivity contribution in [3.05, 3.63) is 35.4 Å². The molecule has 6 heteroatoms. The highest BCUT2D eigenvalue weighted by molar-refractivity contribution is 5.94. The fourth-order valence-corrected chi connectivity index (χ4v) is 2.73. The summed E-state index contributed by atoms with van der Waals surface area (Å²) in [6.45, 7) is 8.94. The van der Waals surface area contributed by atoms with Crippen LogP contribution in [0.1, 0.15) is 49.0 Å². The number of carbonyl (C=O) groups is 1. The van der Waals surface area contributed by atoms with Gasteiger partial charge in [0.2, 0.25) is 0 Å². The number of benzene rings is 1. The zero-order valence-corrected chi connectivity index (χ0v) is 16.3. The molecule has 0 saturated heterocycles. The fourth-order valence-electron chi connectivity index (χ4n) is 2.73. The van der Waals surface area contributed by atoms with Gasteiger partial charge in [-0.2, -0.15) is 0 Å². The molecule has 0 aliphatic heterocycles. The van der Waals surface area contributed by atoms with Crippen LogP contribution >= 0.6 is 0 Å². The molecule has 0 heterocycles. The number of aliphatic imine (C=N–C) groups is 1. The van der Waals surface area contributed by atoms with Gasteiger partial charge in [0.05, 0.1) is 0 Å². The molecule has 0 aliphatic carbocycles. The first-order valence-electron chi connectivity index (χ1n) is 9.58. The van der Waals surface area contributed by atoms with Gasteiger partial charge in [0.1, 0.15) is 0 Å². The summed E-state index contributed by atoms with van der Waals surface area (Å²) in [7, 11) is 0. The van der Waals surface area contributed by atoms with E-state index in [9.17, 15) is 4.79 Å². The van der Waals surface area contributed by atoms with E-state index in [2.05, 4.69) is 27.9 Å². The summed E-state index contributed by atoms with van der Waals surface area (Å²) in [5, 5.41) is 18.5. The van der Waals surface area contributed by atoms with Crippen LogP contribution in [0.25, 0.3) is 0 Å². The molecule has 146 valence electrons. The minimum absolute atomic E-state index is 0.0663. The predicted molar refractivity (Wildman–Crippen MR) is 108 cm³/mol. The highest BCUT2D eigenvalue weighted by Crippen LogP contribution is 2.10. The van der Waals surface area contributed by atoms with Crippen molar-refractivity contribution in [2.45, 2.75) is 40.0 Å². The van der Waals surface area contributed by atoms with Gasteiger partial charge in [-0.3, -0.25) is 9.79 Å². The van der Waals surface area contributed by atoms with Crippen LogP contribution in [0.3, 0.4) is 0 Å². The number of nitrogens with zero attached hydrogens (tertiary/aromatic N) is 1. The third-order valence-corrected chi connectivity index (χ3v) is 4.07. The fraction of sp³-hybridized carbons (Fsp3) is 0.600. The van der Waals surface area contributed by atoms with Crippen LogP contribution in [0.5, 0.6) is 0 Å². The number of rotatable bonds is 11. The second-order valence-electron chi connectivity index (χ2n) is 6.44. The molecule has 1 aromatic carbocycles. The van der Waals surface area contributed by atoms with Crippen molar-refractivity contribution in [2.75, 3.05) is 32.8 Å². The second kappa shape index (κ2) is 13.2. The second-order valence-corrected chi connectivity index (χ2v) is 6.44. The van der Waals surface area contributed by atoms with Crippen LogP contribution in [0.15, 0.2) is 29.3 Å². The molecule has 1 amide bonds. The quantitative estimate of drug-likeness (QED) is 0.276. The Hall–Kier alpha value is -2.08. The normalized spacial score (nSPS) is 12.5. The Kier molecular flexibility index (Phi) is 11.1. The molecule has 0 radical (unpaired) electrons. The van der Waals surface area contributed by atoms with Crippen molar-refractivity contribution in [3.8, 4) is 0 Å². The lowest BCUT2D eigenvalue weighted by molar-refractivity contribution is 0.0954. The van der Waals surface area contributed by atoms with E-state index in [1.54, 1.807) is 0 Å². The highest BCUT2D eigenvalue weighted by atomic mass is 16.3. The van der Waals surface area contributed by atoms with Crippen LogP contribution in [-0.2, 0) is 0 Å². The van der Waals surface area contributed by atoms with Gasteiger partial charge in [0.25, 0.3) is 5.91 Å². The SMILES string of the molecule is CCCC(CCO)CN=C(NCC)NCCNC(=O)c1cccc(C)c1. The zero-order chi connectivity index (χ0) is 19.2. The Labute approximate surface area is 157 Å². The largest absolute Gasteiger partial charge is 0.396 e. The molecule has 1 unspecified atom stereocenters. The Morgan fingerprint density at radius 1 is 1.15 bits per heavy atom. The van der Waals surface area contributed by atoms with E-state index < -0.39 is 0 Å². The summed E-state index contributed by atoms with van der Waals surface area (Å²) >= 11 is 0. The minimum atomic E-state index is -0.0663. The molecule has 0 fully saturated rings. The number of hydrogen-bond donors (Lipinski definition) is 4. The Bertz CT molecular complexity index is 554. The van der Waals surface area contributed by atoms with Crippen LogP contribution in [0.2, 0.25) is 0 Å². The number of hydrogen-bond acceptors (Lipinski definition) is 3. The average molecular weight is 363 g/mol. The van der Waals surface area contributed by atoms with E-state index in [0.717, 1.165) is 37.3 Å². The van der Waals surface area contributed by atoms with Crippen molar-refractivity contribution in [2.24, 2.45) is 10.9 Å². The molecule has 0 bridgehead atoms.